The minimum Gasteiger partial charge on any atom is -0.371 e. The second-order valence-corrected chi connectivity index (χ2v) is 4.34. The van der Waals surface area contributed by atoms with E-state index in [-0.39, 0.29) is 6.54 Å². The van der Waals surface area contributed by atoms with Crippen LogP contribution in [0.25, 0.3) is 0 Å². The van der Waals surface area contributed by atoms with Crippen molar-refractivity contribution in [1.29, 1.82) is 0 Å². The number of hydrogen-bond donors (Lipinski definition) is 1. The molecule has 1 aliphatic heterocycles. The average Bonchev–Trinajstić information content (AvgIpc) is 2.82. The van der Waals surface area contributed by atoms with Crippen molar-refractivity contribution in [2.75, 3.05) is 24.5 Å². The van der Waals surface area contributed by atoms with Crippen molar-refractivity contribution in [3.63, 3.8) is 0 Å². The Morgan fingerprint density at radius 2 is 1.88 bits per heavy atom. The molecule has 1 aliphatic rings. The molecule has 1 aromatic carbocycles. The topological polar surface area (TPSA) is 15.3 Å². The van der Waals surface area contributed by atoms with E-state index in [4.69, 9.17) is 0 Å². The molecule has 0 radical (unpaired) electrons. The monoisotopic (exact) mass is 240 g/mol. The average molecular weight is 240 g/mol. The van der Waals surface area contributed by atoms with Gasteiger partial charge in [0.2, 0.25) is 0 Å². The summed E-state index contributed by atoms with van der Waals surface area (Å²) < 4.78 is 24.1. The van der Waals surface area contributed by atoms with Crippen LogP contribution in [0, 0.1) is 0 Å². The van der Waals surface area contributed by atoms with Crippen LogP contribution in [0.15, 0.2) is 24.3 Å². The minimum absolute atomic E-state index is 0.242. The number of benzene rings is 1. The van der Waals surface area contributed by atoms with Crippen LogP contribution in [0.4, 0.5) is 14.5 Å². The zero-order valence-electron chi connectivity index (χ0n) is 9.83. The van der Waals surface area contributed by atoms with Crippen molar-refractivity contribution in [3.05, 3.63) is 29.8 Å². The van der Waals surface area contributed by atoms with Gasteiger partial charge in [-0.1, -0.05) is 18.2 Å². The number of rotatable bonds is 5. The largest absolute Gasteiger partial charge is 0.371 e. The second-order valence-electron chi connectivity index (χ2n) is 4.34. The van der Waals surface area contributed by atoms with Crippen LogP contribution < -0.4 is 10.2 Å². The third-order valence-corrected chi connectivity index (χ3v) is 3.05. The molecule has 0 bridgehead atoms. The molecule has 1 saturated heterocycles. The quantitative estimate of drug-likeness (QED) is 0.851. The first kappa shape index (κ1) is 12.3. The summed E-state index contributed by atoms with van der Waals surface area (Å²) in [6.07, 6.45) is 0.159. The molecule has 1 aromatic rings. The fourth-order valence-electron chi connectivity index (χ4n) is 2.24. The van der Waals surface area contributed by atoms with Crippen molar-refractivity contribution >= 4 is 5.69 Å². The number of alkyl halides is 2. The molecular weight excluding hydrogens is 222 g/mol. The van der Waals surface area contributed by atoms with E-state index in [0.717, 1.165) is 18.7 Å². The van der Waals surface area contributed by atoms with E-state index in [1.807, 2.05) is 18.2 Å². The summed E-state index contributed by atoms with van der Waals surface area (Å²) in [6.45, 7) is 2.42. The molecule has 0 aromatic heterocycles. The summed E-state index contributed by atoms with van der Waals surface area (Å²) >= 11 is 0. The SMILES string of the molecule is FC(F)CNCc1ccccc1N1CCCC1. The van der Waals surface area contributed by atoms with E-state index >= 15 is 0 Å². The minimum atomic E-state index is -2.28. The Morgan fingerprint density at radius 3 is 2.59 bits per heavy atom. The summed E-state index contributed by atoms with van der Waals surface area (Å²) in [5.41, 5.74) is 2.29. The Kier molecular flexibility index (Phi) is 4.31. The van der Waals surface area contributed by atoms with E-state index in [1.54, 1.807) is 0 Å². The lowest BCUT2D eigenvalue weighted by atomic mass is 10.1. The van der Waals surface area contributed by atoms with E-state index in [9.17, 15) is 8.78 Å². The maximum atomic E-state index is 12.1. The van der Waals surface area contributed by atoms with Gasteiger partial charge in [0.05, 0.1) is 6.54 Å². The Morgan fingerprint density at radius 1 is 1.18 bits per heavy atom. The van der Waals surface area contributed by atoms with Gasteiger partial charge in [-0.2, -0.15) is 0 Å². The predicted molar refractivity (Wildman–Crippen MR) is 65.6 cm³/mol. The van der Waals surface area contributed by atoms with Crippen LogP contribution in [0.2, 0.25) is 0 Å². The van der Waals surface area contributed by atoms with E-state index < -0.39 is 6.43 Å². The zero-order valence-corrected chi connectivity index (χ0v) is 9.83. The third kappa shape index (κ3) is 3.40. The summed E-state index contributed by atoms with van der Waals surface area (Å²) in [6, 6.07) is 8.04. The summed E-state index contributed by atoms with van der Waals surface area (Å²) in [7, 11) is 0. The van der Waals surface area contributed by atoms with Crippen LogP contribution in [-0.2, 0) is 6.54 Å². The van der Waals surface area contributed by atoms with Gasteiger partial charge in [-0.15, -0.1) is 0 Å². The fourth-order valence-corrected chi connectivity index (χ4v) is 2.24. The Balaban J connectivity index is 2.00. The predicted octanol–water partition coefficient (Wildman–Crippen LogP) is 2.64. The highest BCUT2D eigenvalue weighted by Crippen LogP contribution is 2.24. The van der Waals surface area contributed by atoms with Gasteiger partial charge < -0.3 is 10.2 Å². The molecule has 0 spiro atoms. The maximum Gasteiger partial charge on any atom is 0.250 e. The number of anilines is 1. The van der Waals surface area contributed by atoms with E-state index in [0.29, 0.717) is 6.54 Å². The zero-order chi connectivity index (χ0) is 12.1. The fraction of sp³-hybridized carbons (Fsp3) is 0.538. The number of halogens is 2. The molecule has 2 nitrogen and oxygen atoms in total. The van der Waals surface area contributed by atoms with Crippen LogP contribution in [0.1, 0.15) is 18.4 Å². The third-order valence-electron chi connectivity index (χ3n) is 3.05. The highest BCUT2D eigenvalue weighted by Gasteiger charge is 2.15. The van der Waals surface area contributed by atoms with Gasteiger partial charge in [0.1, 0.15) is 0 Å². The van der Waals surface area contributed by atoms with Gasteiger partial charge in [0, 0.05) is 25.3 Å². The number of para-hydroxylation sites is 1. The molecule has 0 unspecified atom stereocenters. The van der Waals surface area contributed by atoms with Crippen LogP contribution in [-0.4, -0.2) is 26.1 Å². The molecule has 94 valence electrons. The van der Waals surface area contributed by atoms with Gasteiger partial charge in [-0.25, -0.2) is 8.78 Å². The molecular formula is C13H18F2N2. The molecule has 0 amide bonds. The Hall–Kier alpha value is -1.16. The highest BCUT2D eigenvalue weighted by molar-refractivity contribution is 5.54. The molecule has 0 aliphatic carbocycles. The molecule has 1 fully saturated rings. The lowest BCUT2D eigenvalue weighted by Crippen LogP contribution is -2.24. The van der Waals surface area contributed by atoms with Crippen molar-refractivity contribution in [3.8, 4) is 0 Å². The highest BCUT2D eigenvalue weighted by atomic mass is 19.3. The molecule has 17 heavy (non-hydrogen) atoms. The molecule has 1 heterocycles. The molecule has 0 atom stereocenters. The Bertz CT molecular complexity index is 349. The van der Waals surface area contributed by atoms with Crippen molar-refractivity contribution in [2.45, 2.75) is 25.8 Å². The van der Waals surface area contributed by atoms with E-state index in [1.165, 1.54) is 18.5 Å². The normalized spacial score (nSPS) is 15.8. The van der Waals surface area contributed by atoms with Gasteiger partial charge in [0.15, 0.2) is 0 Å². The lowest BCUT2D eigenvalue weighted by Gasteiger charge is -2.21. The summed E-state index contributed by atoms with van der Waals surface area (Å²) in [5.74, 6) is 0. The van der Waals surface area contributed by atoms with Gasteiger partial charge in [-0.3, -0.25) is 0 Å². The van der Waals surface area contributed by atoms with E-state index in [2.05, 4.69) is 16.3 Å². The first-order chi connectivity index (χ1) is 8.27. The molecule has 0 saturated carbocycles. The van der Waals surface area contributed by atoms with Gasteiger partial charge in [-0.05, 0) is 24.5 Å². The summed E-state index contributed by atoms with van der Waals surface area (Å²) in [5, 5.41) is 2.79. The molecule has 2 rings (SSSR count). The number of nitrogens with zero attached hydrogens (tertiary/aromatic N) is 1. The smallest absolute Gasteiger partial charge is 0.250 e. The Labute approximate surface area is 101 Å². The maximum absolute atomic E-state index is 12.1. The van der Waals surface area contributed by atoms with Crippen molar-refractivity contribution in [1.82, 2.24) is 5.32 Å². The molecule has 1 N–H and O–H groups in total. The number of nitrogens with one attached hydrogen (secondary N) is 1. The first-order valence-corrected chi connectivity index (χ1v) is 6.09. The van der Waals surface area contributed by atoms with Gasteiger partial charge >= 0.3 is 0 Å². The van der Waals surface area contributed by atoms with Crippen LogP contribution in [0.5, 0.6) is 0 Å². The van der Waals surface area contributed by atoms with Crippen LogP contribution in [0.3, 0.4) is 0 Å². The first-order valence-electron chi connectivity index (χ1n) is 6.09. The summed E-state index contributed by atoms with van der Waals surface area (Å²) in [4.78, 5) is 2.33. The van der Waals surface area contributed by atoms with Crippen LogP contribution >= 0.6 is 0 Å². The second kappa shape index (κ2) is 5.96. The molecule has 4 heteroatoms. The van der Waals surface area contributed by atoms with Crippen molar-refractivity contribution in [2.24, 2.45) is 0 Å². The number of hydrogen-bond acceptors (Lipinski definition) is 2. The van der Waals surface area contributed by atoms with Crippen molar-refractivity contribution < 1.29 is 8.78 Å². The van der Waals surface area contributed by atoms with Gasteiger partial charge in [0.25, 0.3) is 6.43 Å². The standard InChI is InChI=1S/C13H18F2N2/c14-13(15)10-16-9-11-5-1-2-6-12(11)17-7-3-4-8-17/h1-2,5-6,13,16H,3-4,7-10H2. The lowest BCUT2D eigenvalue weighted by molar-refractivity contribution is 0.145.